The quantitative estimate of drug-likeness (QED) is 0.446. The first-order valence-electron chi connectivity index (χ1n) is 9.27. The lowest BCUT2D eigenvalue weighted by atomic mass is 9.94. The second-order valence-electron chi connectivity index (χ2n) is 6.61. The molecule has 4 heterocycles. The van der Waals surface area contributed by atoms with Gasteiger partial charge in [0, 0.05) is 37.0 Å². The van der Waals surface area contributed by atoms with Crippen molar-refractivity contribution in [2.45, 2.75) is 19.1 Å². The SMILES string of the molecule is COc1ccc(C(O)Nc2nc(-c3ccco3)c(C(=O)C3CCOCC3)s2)cn1. The Kier molecular flexibility index (Phi) is 5.89. The van der Waals surface area contributed by atoms with Crippen LogP contribution in [-0.4, -0.2) is 41.2 Å². The van der Waals surface area contributed by atoms with Crippen molar-refractivity contribution >= 4 is 22.3 Å². The summed E-state index contributed by atoms with van der Waals surface area (Å²) in [6.07, 6.45) is 3.41. The molecule has 0 spiro atoms. The number of rotatable bonds is 7. The Morgan fingerprint density at radius 3 is 2.83 bits per heavy atom. The van der Waals surface area contributed by atoms with Gasteiger partial charge in [0.2, 0.25) is 5.88 Å². The number of hydrogen-bond acceptors (Lipinski definition) is 9. The van der Waals surface area contributed by atoms with Crippen LogP contribution in [0.5, 0.6) is 5.88 Å². The van der Waals surface area contributed by atoms with Crippen molar-refractivity contribution in [1.29, 1.82) is 0 Å². The molecule has 29 heavy (non-hydrogen) atoms. The largest absolute Gasteiger partial charge is 0.481 e. The fourth-order valence-electron chi connectivity index (χ4n) is 3.15. The summed E-state index contributed by atoms with van der Waals surface area (Å²) in [6.45, 7) is 1.17. The van der Waals surface area contributed by atoms with E-state index in [1.807, 2.05) is 0 Å². The average molecular weight is 415 g/mol. The molecule has 152 valence electrons. The number of nitrogens with zero attached hydrogens (tertiary/aromatic N) is 2. The molecule has 8 nitrogen and oxygen atoms in total. The summed E-state index contributed by atoms with van der Waals surface area (Å²) in [5, 5.41) is 13.9. The number of hydrogen-bond donors (Lipinski definition) is 2. The number of Topliss-reactive ketones (excluding diaryl/α,β-unsaturated/α-hetero) is 1. The summed E-state index contributed by atoms with van der Waals surface area (Å²) in [4.78, 5) is 22.3. The molecular formula is C20H21N3O5S. The molecule has 0 amide bonds. The molecule has 0 radical (unpaired) electrons. The number of pyridine rings is 1. The second-order valence-corrected chi connectivity index (χ2v) is 7.60. The third-order valence-electron chi connectivity index (χ3n) is 4.74. The van der Waals surface area contributed by atoms with E-state index >= 15 is 0 Å². The molecule has 1 fully saturated rings. The zero-order chi connectivity index (χ0) is 20.2. The molecule has 3 aromatic rings. The van der Waals surface area contributed by atoms with E-state index in [4.69, 9.17) is 13.9 Å². The van der Waals surface area contributed by atoms with Gasteiger partial charge in [-0.2, -0.15) is 0 Å². The highest BCUT2D eigenvalue weighted by Crippen LogP contribution is 2.36. The van der Waals surface area contributed by atoms with Gasteiger partial charge in [0.25, 0.3) is 0 Å². The van der Waals surface area contributed by atoms with E-state index in [1.54, 1.807) is 30.5 Å². The third kappa shape index (κ3) is 4.31. The van der Waals surface area contributed by atoms with Crippen LogP contribution < -0.4 is 10.1 Å². The van der Waals surface area contributed by atoms with Crippen LogP contribution in [0, 0.1) is 5.92 Å². The van der Waals surface area contributed by atoms with Gasteiger partial charge >= 0.3 is 0 Å². The van der Waals surface area contributed by atoms with Gasteiger partial charge in [-0.1, -0.05) is 11.3 Å². The van der Waals surface area contributed by atoms with Crippen molar-refractivity contribution in [2.24, 2.45) is 5.92 Å². The molecular weight excluding hydrogens is 394 g/mol. The zero-order valence-electron chi connectivity index (χ0n) is 15.8. The lowest BCUT2D eigenvalue weighted by Crippen LogP contribution is -2.23. The molecule has 1 aliphatic heterocycles. The summed E-state index contributed by atoms with van der Waals surface area (Å²) < 4.78 is 15.9. The van der Waals surface area contributed by atoms with Gasteiger partial charge in [0.05, 0.1) is 13.4 Å². The van der Waals surface area contributed by atoms with Gasteiger partial charge in [-0.25, -0.2) is 9.97 Å². The summed E-state index contributed by atoms with van der Waals surface area (Å²) in [6, 6.07) is 6.89. The number of aromatic nitrogens is 2. The van der Waals surface area contributed by atoms with Gasteiger partial charge in [-0.3, -0.25) is 4.79 Å². The van der Waals surface area contributed by atoms with Crippen molar-refractivity contribution in [3.05, 3.63) is 47.2 Å². The van der Waals surface area contributed by atoms with E-state index in [9.17, 15) is 9.90 Å². The van der Waals surface area contributed by atoms with Gasteiger partial charge < -0.3 is 24.3 Å². The number of ketones is 1. The highest BCUT2D eigenvalue weighted by Gasteiger charge is 2.29. The van der Waals surface area contributed by atoms with Gasteiger partial charge in [0.1, 0.15) is 10.6 Å². The molecule has 0 aromatic carbocycles. The van der Waals surface area contributed by atoms with Crippen LogP contribution >= 0.6 is 11.3 Å². The lowest BCUT2D eigenvalue weighted by molar-refractivity contribution is 0.0547. The lowest BCUT2D eigenvalue weighted by Gasteiger charge is -2.20. The van der Waals surface area contributed by atoms with E-state index in [0.717, 1.165) is 0 Å². The number of thiazole rings is 1. The van der Waals surface area contributed by atoms with Crippen molar-refractivity contribution in [3.8, 4) is 17.3 Å². The van der Waals surface area contributed by atoms with E-state index in [1.165, 1.54) is 24.6 Å². The minimum absolute atomic E-state index is 0.0332. The van der Waals surface area contributed by atoms with Crippen LogP contribution in [0.4, 0.5) is 5.13 Å². The van der Waals surface area contributed by atoms with Crippen LogP contribution in [-0.2, 0) is 4.74 Å². The number of carbonyl (C=O) groups is 1. The molecule has 2 N–H and O–H groups in total. The minimum atomic E-state index is -1.03. The highest BCUT2D eigenvalue weighted by molar-refractivity contribution is 7.18. The Bertz CT molecular complexity index is 949. The van der Waals surface area contributed by atoms with E-state index in [-0.39, 0.29) is 11.7 Å². The molecule has 1 unspecified atom stereocenters. The fraction of sp³-hybridized carbons (Fsp3) is 0.350. The molecule has 0 bridgehead atoms. The number of aliphatic hydroxyl groups is 1. The molecule has 1 atom stereocenters. The summed E-state index contributed by atoms with van der Waals surface area (Å²) >= 11 is 1.21. The summed E-state index contributed by atoms with van der Waals surface area (Å²) in [7, 11) is 1.53. The maximum Gasteiger partial charge on any atom is 0.212 e. The van der Waals surface area contributed by atoms with E-state index in [2.05, 4.69) is 15.3 Å². The molecule has 3 aromatic heterocycles. The van der Waals surface area contributed by atoms with Crippen LogP contribution in [0.2, 0.25) is 0 Å². The number of nitrogens with one attached hydrogen (secondary N) is 1. The highest BCUT2D eigenvalue weighted by atomic mass is 32.1. The predicted molar refractivity (Wildman–Crippen MR) is 107 cm³/mol. The van der Waals surface area contributed by atoms with Gasteiger partial charge in [-0.05, 0) is 31.0 Å². The topological polar surface area (TPSA) is 107 Å². The number of ether oxygens (including phenoxy) is 2. The Balaban J connectivity index is 1.59. The predicted octanol–water partition coefficient (Wildman–Crippen LogP) is 3.52. The summed E-state index contributed by atoms with van der Waals surface area (Å²) in [5.41, 5.74) is 1.04. The normalized spacial score (nSPS) is 15.8. The molecule has 9 heteroatoms. The number of aliphatic hydroxyl groups excluding tert-OH is 1. The number of anilines is 1. The van der Waals surface area contributed by atoms with E-state index < -0.39 is 6.23 Å². The van der Waals surface area contributed by atoms with E-state index in [0.29, 0.717) is 59.0 Å². The second kappa shape index (κ2) is 8.73. The number of carbonyl (C=O) groups excluding carboxylic acids is 1. The Labute approximate surface area is 171 Å². The van der Waals surface area contributed by atoms with Crippen molar-refractivity contribution in [3.63, 3.8) is 0 Å². The first-order chi connectivity index (χ1) is 14.2. The maximum absolute atomic E-state index is 13.1. The molecule has 1 aliphatic rings. The number of furan rings is 1. The van der Waals surface area contributed by atoms with Gasteiger partial charge in [-0.15, -0.1) is 0 Å². The maximum atomic E-state index is 13.1. The molecule has 4 rings (SSSR count). The van der Waals surface area contributed by atoms with Crippen molar-refractivity contribution in [1.82, 2.24) is 9.97 Å². The Morgan fingerprint density at radius 2 is 2.17 bits per heavy atom. The monoisotopic (exact) mass is 415 g/mol. The zero-order valence-corrected chi connectivity index (χ0v) is 16.6. The molecule has 1 saturated heterocycles. The fourth-order valence-corrected chi connectivity index (χ4v) is 4.16. The first kappa shape index (κ1) is 19.6. The number of methoxy groups -OCH3 is 1. The van der Waals surface area contributed by atoms with Crippen LogP contribution in [0.15, 0.2) is 41.1 Å². The molecule has 0 saturated carbocycles. The van der Waals surface area contributed by atoms with Gasteiger partial charge in [0.15, 0.2) is 22.9 Å². The average Bonchev–Trinajstić information content (AvgIpc) is 3.44. The van der Waals surface area contributed by atoms with Crippen LogP contribution in [0.3, 0.4) is 0 Å². The molecule has 0 aliphatic carbocycles. The Hall–Kier alpha value is -2.75. The minimum Gasteiger partial charge on any atom is -0.481 e. The van der Waals surface area contributed by atoms with Crippen molar-refractivity contribution < 1.29 is 23.8 Å². The standard InChI is InChI=1S/C20H21N3O5S/c1-26-15-5-4-13(11-21-15)19(25)23-20-22-16(14-3-2-8-28-14)18(29-20)17(24)12-6-9-27-10-7-12/h2-5,8,11-12,19,25H,6-7,9-10H2,1H3,(H,22,23). The first-order valence-corrected chi connectivity index (χ1v) is 10.1. The third-order valence-corrected chi connectivity index (χ3v) is 5.74. The van der Waals surface area contributed by atoms with Crippen LogP contribution in [0.1, 0.15) is 34.3 Å². The van der Waals surface area contributed by atoms with Crippen LogP contribution in [0.25, 0.3) is 11.5 Å². The smallest absolute Gasteiger partial charge is 0.212 e. The Morgan fingerprint density at radius 1 is 1.34 bits per heavy atom. The summed E-state index contributed by atoms with van der Waals surface area (Å²) in [5.74, 6) is 0.914. The van der Waals surface area contributed by atoms with Crippen molar-refractivity contribution in [2.75, 3.05) is 25.6 Å².